The predicted molar refractivity (Wildman–Crippen MR) is 61.1 cm³/mol. The quantitative estimate of drug-likeness (QED) is 0.843. The molecule has 1 aromatic carbocycles. The van der Waals surface area contributed by atoms with Crippen molar-refractivity contribution in [1.82, 2.24) is 0 Å². The molecule has 0 amide bonds. The molecule has 1 heterocycles. The first-order valence-corrected chi connectivity index (χ1v) is 5.78. The maximum absolute atomic E-state index is 9.15. The second-order valence-electron chi connectivity index (χ2n) is 4.07. The van der Waals surface area contributed by atoms with Gasteiger partial charge in [-0.25, -0.2) is 0 Å². The lowest BCUT2D eigenvalue weighted by molar-refractivity contribution is -0.126. The lowest BCUT2D eigenvalue weighted by Gasteiger charge is -2.30. The molecule has 1 saturated heterocycles. The Balaban J connectivity index is 1.84. The Labute approximate surface area is 96.0 Å². The van der Waals surface area contributed by atoms with Gasteiger partial charge in [-0.2, -0.15) is 0 Å². The zero-order chi connectivity index (χ0) is 11.2. The first-order valence-electron chi connectivity index (χ1n) is 5.78. The van der Waals surface area contributed by atoms with Crippen LogP contribution in [0.2, 0.25) is 0 Å². The molecular formula is C13H18O3. The van der Waals surface area contributed by atoms with Crippen LogP contribution in [-0.4, -0.2) is 30.5 Å². The molecule has 1 fully saturated rings. The summed E-state index contributed by atoms with van der Waals surface area (Å²) in [7, 11) is 0. The summed E-state index contributed by atoms with van der Waals surface area (Å²) in [6, 6.07) is 10.1. The van der Waals surface area contributed by atoms with Gasteiger partial charge < -0.3 is 14.6 Å². The summed E-state index contributed by atoms with van der Waals surface area (Å²) >= 11 is 0. The summed E-state index contributed by atoms with van der Waals surface area (Å²) in [6.07, 6.45) is 1.85. The van der Waals surface area contributed by atoms with Crippen LogP contribution in [0.25, 0.3) is 0 Å². The Morgan fingerprint density at radius 2 is 2.12 bits per heavy atom. The van der Waals surface area contributed by atoms with Crippen molar-refractivity contribution in [3.63, 3.8) is 0 Å². The smallest absolute Gasteiger partial charge is 0.107 e. The minimum absolute atomic E-state index is 0.0268. The number of hydrogen-bond acceptors (Lipinski definition) is 3. The van der Waals surface area contributed by atoms with E-state index in [0.29, 0.717) is 6.61 Å². The third-order valence-corrected chi connectivity index (χ3v) is 2.87. The molecular weight excluding hydrogens is 204 g/mol. The molecule has 3 heteroatoms. The highest BCUT2D eigenvalue weighted by Gasteiger charge is 2.25. The number of benzene rings is 1. The Morgan fingerprint density at radius 1 is 1.31 bits per heavy atom. The molecule has 1 N–H and O–H groups in total. The fraction of sp³-hybridized carbons (Fsp3) is 0.538. The summed E-state index contributed by atoms with van der Waals surface area (Å²) in [5.41, 5.74) is 1.16. The zero-order valence-corrected chi connectivity index (χ0v) is 9.34. The molecule has 1 aromatic rings. The monoisotopic (exact) mass is 222 g/mol. The molecule has 16 heavy (non-hydrogen) atoms. The Kier molecular flexibility index (Phi) is 4.34. The van der Waals surface area contributed by atoms with Crippen LogP contribution in [0, 0.1) is 0 Å². The van der Waals surface area contributed by atoms with E-state index < -0.39 is 0 Å². The Morgan fingerprint density at radius 3 is 2.88 bits per heavy atom. The number of aliphatic hydroxyl groups excluding tert-OH is 1. The Hall–Kier alpha value is -0.900. The number of hydrogen-bond donors (Lipinski definition) is 1. The van der Waals surface area contributed by atoms with Gasteiger partial charge in [-0.05, 0) is 18.4 Å². The number of rotatable bonds is 4. The van der Waals surface area contributed by atoms with Gasteiger partial charge in [0.05, 0.1) is 19.3 Å². The maximum atomic E-state index is 9.15. The lowest BCUT2D eigenvalue weighted by atomic mass is 10.1. The minimum Gasteiger partial charge on any atom is -0.394 e. The van der Waals surface area contributed by atoms with E-state index in [1.165, 1.54) is 0 Å². The summed E-state index contributed by atoms with van der Waals surface area (Å²) in [5.74, 6) is 0. The third kappa shape index (κ3) is 3.04. The van der Waals surface area contributed by atoms with Crippen molar-refractivity contribution in [2.75, 3.05) is 13.2 Å². The highest BCUT2D eigenvalue weighted by Crippen LogP contribution is 2.18. The Bertz CT molecular complexity index is 299. The highest BCUT2D eigenvalue weighted by molar-refractivity contribution is 5.13. The van der Waals surface area contributed by atoms with E-state index >= 15 is 0 Å². The molecule has 3 nitrogen and oxygen atoms in total. The van der Waals surface area contributed by atoms with E-state index in [4.69, 9.17) is 14.6 Å². The van der Waals surface area contributed by atoms with Gasteiger partial charge in [0, 0.05) is 6.61 Å². The highest BCUT2D eigenvalue weighted by atomic mass is 16.5. The van der Waals surface area contributed by atoms with Gasteiger partial charge in [0.1, 0.15) is 6.10 Å². The predicted octanol–water partition coefficient (Wildman–Crippen LogP) is 1.74. The first kappa shape index (κ1) is 11.6. The van der Waals surface area contributed by atoms with Crippen LogP contribution in [0.4, 0.5) is 0 Å². The fourth-order valence-electron chi connectivity index (χ4n) is 1.95. The topological polar surface area (TPSA) is 38.7 Å². The minimum atomic E-state index is -0.155. The molecule has 0 radical (unpaired) electrons. The van der Waals surface area contributed by atoms with Crippen molar-refractivity contribution in [3.8, 4) is 0 Å². The van der Waals surface area contributed by atoms with Crippen LogP contribution >= 0.6 is 0 Å². The normalized spacial score (nSPS) is 25.6. The van der Waals surface area contributed by atoms with Crippen LogP contribution in [0.1, 0.15) is 18.4 Å². The van der Waals surface area contributed by atoms with Crippen molar-refractivity contribution in [2.24, 2.45) is 0 Å². The summed E-state index contributed by atoms with van der Waals surface area (Å²) in [5, 5.41) is 9.15. The van der Waals surface area contributed by atoms with Crippen LogP contribution in [-0.2, 0) is 16.1 Å². The molecule has 1 aliphatic rings. The van der Waals surface area contributed by atoms with Crippen LogP contribution in [0.15, 0.2) is 30.3 Å². The van der Waals surface area contributed by atoms with Crippen molar-refractivity contribution in [1.29, 1.82) is 0 Å². The molecule has 1 aliphatic heterocycles. The van der Waals surface area contributed by atoms with E-state index in [2.05, 4.69) is 0 Å². The van der Waals surface area contributed by atoms with Crippen molar-refractivity contribution < 1.29 is 14.6 Å². The molecule has 0 spiro atoms. The third-order valence-electron chi connectivity index (χ3n) is 2.87. The van der Waals surface area contributed by atoms with Gasteiger partial charge in [0.25, 0.3) is 0 Å². The number of ether oxygens (including phenoxy) is 2. The van der Waals surface area contributed by atoms with Gasteiger partial charge in [0.2, 0.25) is 0 Å². The van der Waals surface area contributed by atoms with E-state index in [1.54, 1.807) is 0 Å². The van der Waals surface area contributed by atoms with Gasteiger partial charge in [0.15, 0.2) is 0 Å². The number of aliphatic hydroxyl groups is 1. The molecule has 0 aliphatic carbocycles. The fourth-order valence-corrected chi connectivity index (χ4v) is 1.95. The average Bonchev–Trinajstić information content (AvgIpc) is 2.38. The molecule has 2 rings (SSSR count). The van der Waals surface area contributed by atoms with E-state index in [0.717, 1.165) is 25.0 Å². The first-order chi connectivity index (χ1) is 7.90. The van der Waals surface area contributed by atoms with Crippen LogP contribution in [0.5, 0.6) is 0 Å². The van der Waals surface area contributed by atoms with E-state index in [1.807, 2.05) is 30.3 Å². The summed E-state index contributed by atoms with van der Waals surface area (Å²) in [6.45, 7) is 1.36. The van der Waals surface area contributed by atoms with Gasteiger partial charge in [-0.1, -0.05) is 30.3 Å². The molecule has 2 atom stereocenters. The maximum Gasteiger partial charge on any atom is 0.107 e. The average molecular weight is 222 g/mol. The summed E-state index contributed by atoms with van der Waals surface area (Å²) in [4.78, 5) is 0. The van der Waals surface area contributed by atoms with Crippen LogP contribution < -0.4 is 0 Å². The summed E-state index contributed by atoms with van der Waals surface area (Å²) < 4.78 is 11.2. The van der Waals surface area contributed by atoms with Crippen molar-refractivity contribution >= 4 is 0 Å². The van der Waals surface area contributed by atoms with Gasteiger partial charge >= 0.3 is 0 Å². The molecule has 88 valence electrons. The van der Waals surface area contributed by atoms with Crippen molar-refractivity contribution in [3.05, 3.63) is 35.9 Å². The van der Waals surface area contributed by atoms with E-state index in [-0.39, 0.29) is 18.8 Å². The second-order valence-corrected chi connectivity index (χ2v) is 4.07. The molecule has 0 saturated carbocycles. The largest absolute Gasteiger partial charge is 0.394 e. The lowest BCUT2D eigenvalue weighted by Crippen LogP contribution is -2.38. The molecule has 0 aromatic heterocycles. The van der Waals surface area contributed by atoms with Crippen LogP contribution in [0.3, 0.4) is 0 Å². The SMILES string of the molecule is OC[C@H]1OCCC[C@H]1OCc1ccccc1. The van der Waals surface area contributed by atoms with Crippen molar-refractivity contribution in [2.45, 2.75) is 31.7 Å². The zero-order valence-electron chi connectivity index (χ0n) is 9.34. The van der Waals surface area contributed by atoms with Gasteiger partial charge in [-0.3, -0.25) is 0 Å². The standard InChI is InChI=1S/C13H18O3/c14-9-13-12(7-4-8-15-13)16-10-11-5-2-1-3-6-11/h1-3,5-6,12-14H,4,7-10H2/t12-,13-/m1/s1. The molecule has 0 bridgehead atoms. The second kappa shape index (κ2) is 5.99. The van der Waals surface area contributed by atoms with E-state index in [9.17, 15) is 0 Å². The van der Waals surface area contributed by atoms with Gasteiger partial charge in [-0.15, -0.1) is 0 Å². The molecule has 0 unspecified atom stereocenters.